The topological polar surface area (TPSA) is 21.3 Å². The maximum Gasteiger partial charge on any atom is 0.0462 e. The molecule has 0 aliphatic rings. The van der Waals surface area contributed by atoms with Crippen LogP contribution in [0.1, 0.15) is 18.4 Å². The van der Waals surface area contributed by atoms with Crippen LogP contribution in [0.25, 0.3) is 0 Å². The molecule has 0 aliphatic heterocycles. The summed E-state index contributed by atoms with van der Waals surface area (Å²) in [5.74, 6) is 0. The second kappa shape index (κ2) is 7.93. The Kier molecular flexibility index (Phi) is 6.90. The molecular formula is C13H19Cl2NO. The first-order valence-electron chi connectivity index (χ1n) is 5.77. The van der Waals surface area contributed by atoms with E-state index in [9.17, 15) is 0 Å². The number of nitrogens with one attached hydrogen (secondary N) is 1. The van der Waals surface area contributed by atoms with Crippen molar-refractivity contribution >= 4 is 23.2 Å². The third-order valence-electron chi connectivity index (χ3n) is 2.79. The lowest BCUT2D eigenvalue weighted by atomic mass is 10.0. The number of rotatable bonds is 7. The van der Waals surface area contributed by atoms with Gasteiger partial charge in [-0.25, -0.2) is 0 Å². The highest BCUT2D eigenvalue weighted by Crippen LogP contribution is 2.22. The first-order valence-corrected chi connectivity index (χ1v) is 6.53. The van der Waals surface area contributed by atoms with Gasteiger partial charge in [0.25, 0.3) is 0 Å². The fraction of sp³-hybridized carbons (Fsp3) is 0.538. The van der Waals surface area contributed by atoms with Crippen molar-refractivity contribution in [2.24, 2.45) is 0 Å². The molecule has 0 radical (unpaired) electrons. The van der Waals surface area contributed by atoms with Crippen molar-refractivity contribution in [3.63, 3.8) is 0 Å². The van der Waals surface area contributed by atoms with Crippen molar-refractivity contribution in [1.82, 2.24) is 5.32 Å². The van der Waals surface area contributed by atoms with E-state index in [1.807, 2.05) is 19.2 Å². The van der Waals surface area contributed by atoms with Gasteiger partial charge in [-0.3, -0.25) is 0 Å². The minimum Gasteiger partial charge on any atom is -0.385 e. The van der Waals surface area contributed by atoms with E-state index in [-0.39, 0.29) is 0 Å². The Hall–Kier alpha value is -0.280. The number of benzene rings is 1. The quantitative estimate of drug-likeness (QED) is 0.769. The third kappa shape index (κ3) is 5.26. The molecule has 0 spiro atoms. The smallest absolute Gasteiger partial charge is 0.0462 e. The lowest BCUT2D eigenvalue weighted by Crippen LogP contribution is -2.28. The maximum absolute atomic E-state index is 6.15. The van der Waals surface area contributed by atoms with E-state index in [0.29, 0.717) is 11.1 Å². The van der Waals surface area contributed by atoms with Gasteiger partial charge in [0.2, 0.25) is 0 Å². The minimum atomic E-state index is 0.420. The van der Waals surface area contributed by atoms with Gasteiger partial charge in [0.05, 0.1) is 0 Å². The summed E-state index contributed by atoms with van der Waals surface area (Å²) in [5.41, 5.74) is 1.13. The van der Waals surface area contributed by atoms with E-state index in [4.69, 9.17) is 27.9 Å². The molecule has 0 fully saturated rings. The van der Waals surface area contributed by atoms with Gasteiger partial charge in [0.15, 0.2) is 0 Å². The van der Waals surface area contributed by atoms with Crippen LogP contribution in [0.2, 0.25) is 10.0 Å². The molecule has 0 saturated carbocycles. The standard InChI is InChI=1S/C13H19Cl2NO/c1-16-12(4-3-7-17-2)8-10-5-6-11(14)9-13(10)15/h5-6,9,12,16H,3-4,7-8H2,1-2H3. The molecule has 1 aromatic rings. The van der Waals surface area contributed by atoms with Crippen LogP contribution in [0.3, 0.4) is 0 Å². The molecule has 0 aliphatic carbocycles. The number of hydrogen-bond acceptors (Lipinski definition) is 2. The van der Waals surface area contributed by atoms with Gasteiger partial charge < -0.3 is 10.1 Å². The SMILES string of the molecule is CNC(CCCOC)Cc1ccc(Cl)cc1Cl. The van der Waals surface area contributed by atoms with Crippen LogP contribution in [0, 0.1) is 0 Å². The summed E-state index contributed by atoms with van der Waals surface area (Å²) in [4.78, 5) is 0. The molecule has 0 bridgehead atoms. The molecule has 17 heavy (non-hydrogen) atoms. The summed E-state index contributed by atoms with van der Waals surface area (Å²) < 4.78 is 5.06. The minimum absolute atomic E-state index is 0.420. The summed E-state index contributed by atoms with van der Waals surface area (Å²) in [6.07, 6.45) is 3.03. The van der Waals surface area contributed by atoms with Crippen molar-refractivity contribution < 1.29 is 4.74 Å². The summed E-state index contributed by atoms with van der Waals surface area (Å²) in [6, 6.07) is 6.08. The van der Waals surface area contributed by atoms with Gasteiger partial charge in [-0.15, -0.1) is 0 Å². The first kappa shape index (κ1) is 14.8. The Bertz CT molecular complexity index is 344. The fourth-order valence-electron chi connectivity index (χ4n) is 1.78. The molecule has 0 aromatic heterocycles. The Morgan fingerprint density at radius 2 is 2.12 bits per heavy atom. The zero-order valence-corrected chi connectivity index (χ0v) is 11.8. The molecule has 0 saturated heterocycles. The molecule has 96 valence electrons. The molecule has 1 unspecified atom stereocenters. The van der Waals surface area contributed by atoms with Gasteiger partial charge in [0.1, 0.15) is 0 Å². The third-order valence-corrected chi connectivity index (χ3v) is 3.38. The fourth-order valence-corrected chi connectivity index (χ4v) is 2.26. The van der Waals surface area contributed by atoms with Crippen LogP contribution >= 0.6 is 23.2 Å². The molecule has 4 heteroatoms. The Morgan fingerprint density at radius 1 is 1.35 bits per heavy atom. The summed E-state index contributed by atoms with van der Waals surface area (Å²) in [7, 11) is 3.70. The monoisotopic (exact) mass is 275 g/mol. The molecule has 0 heterocycles. The molecular weight excluding hydrogens is 257 g/mol. The van der Waals surface area contributed by atoms with Gasteiger partial charge in [-0.1, -0.05) is 29.3 Å². The average molecular weight is 276 g/mol. The van der Waals surface area contributed by atoms with Crippen molar-refractivity contribution in [1.29, 1.82) is 0 Å². The average Bonchev–Trinajstić information content (AvgIpc) is 2.31. The number of ether oxygens (including phenoxy) is 1. The summed E-state index contributed by atoms with van der Waals surface area (Å²) >= 11 is 12.0. The van der Waals surface area contributed by atoms with E-state index < -0.39 is 0 Å². The van der Waals surface area contributed by atoms with Gasteiger partial charge >= 0.3 is 0 Å². The molecule has 1 aromatic carbocycles. The van der Waals surface area contributed by atoms with Crippen molar-refractivity contribution in [3.8, 4) is 0 Å². The summed E-state index contributed by atoms with van der Waals surface area (Å²) in [5, 5.41) is 4.72. The second-order valence-electron chi connectivity index (χ2n) is 4.06. The highest BCUT2D eigenvalue weighted by Gasteiger charge is 2.09. The molecule has 1 rings (SSSR count). The number of likely N-dealkylation sites (N-methyl/N-ethyl adjacent to an activating group) is 1. The predicted octanol–water partition coefficient (Wildman–Crippen LogP) is 3.55. The van der Waals surface area contributed by atoms with E-state index in [0.717, 1.165) is 36.5 Å². The van der Waals surface area contributed by atoms with Crippen molar-refractivity contribution in [2.45, 2.75) is 25.3 Å². The van der Waals surface area contributed by atoms with Crippen molar-refractivity contribution in [3.05, 3.63) is 33.8 Å². The van der Waals surface area contributed by atoms with E-state index in [2.05, 4.69) is 5.32 Å². The predicted molar refractivity (Wildman–Crippen MR) is 74.1 cm³/mol. The van der Waals surface area contributed by atoms with Gasteiger partial charge in [-0.05, 0) is 44.0 Å². The first-order chi connectivity index (χ1) is 8.17. The zero-order chi connectivity index (χ0) is 12.7. The normalized spacial score (nSPS) is 12.7. The Labute approximate surface area is 113 Å². The Morgan fingerprint density at radius 3 is 2.71 bits per heavy atom. The number of halogens is 2. The van der Waals surface area contributed by atoms with Crippen LogP contribution in [-0.4, -0.2) is 26.8 Å². The van der Waals surface area contributed by atoms with Crippen LogP contribution in [-0.2, 0) is 11.2 Å². The maximum atomic E-state index is 6.15. The van der Waals surface area contributed by atoms with E-state index >= 15 is 0 Å². The molecule has 1 atom stereocenters. The van der Waals surface area contributed by atoms with Crippen LogP contribution in [0.5, 0.6) is 0 Å². The Balaban J connectivity index is 2.54. The second-order valence-corrected chi connectivity index (χ2v) is 4.90. The lowest BCUT2D eigenvalue weighted by molar-refractivity contribution is 0.189. The zero-order valence-electron chi connectivity index (χ0n) is 10.3. The number of methoxy groups -OCH3 is 1. The number of hydrogen-bond donors (Lipinski definition) is 1. The van der Waals surface area contributed by atoms with Gasteiger partial charge in [-0.2, -0.15) is 0 Å². The highest BCUT2D eigenvalue weighted by atomic mass is 35.5. The molecule has 0 amide bonds. The van der Waals surface area contributed by atoms with Crippen molar-refractivity contribution in [2.75, 3.05) is 20.8 Å². The lowest BCUT2D eigenvalue weighted by Gasteiger charge is -2.16. The molecule has 2 nitrogen and oxygen atoms in total. The van der Waals surface area contributed by atoms with Gasteiger partial charge in [0, 0.05) is 29.8 Å². The summed E-state index contributed by atoms with van der Waals surface area (Å²) in [6.45, 7) is 0.798. The van der Waals surface area contributed by atoms with Crippen LogP contribution in [0.15, 0.2) is 18.2 Å². The van der Waals surface area contributed by atoms with Crippen LogP contribution < -0.4 is 5.32 Å². The van der Waals surface area contributed by atoms with E-state index in [1.54, 1.807) is 13.2 Å². The van der Waals surface area contributed by atoms with Crippen LogP contribution in [0.4, 0.5) is 0 Å². The highest BCUT2D eigenvalue weighted by molar-refractivity contribution is 6.35. The largest absolute Gasteiger partial charge is 0.385 e. The van der Waals surface area contributed by atoms with E-state index in [1.165, 1.54) is 0 Å². The molecule has 1 N–H and O–H groups in total.